The summed E-state index contributed by atoms with van der Waals surface area (Å²) in [4.78, 5) is 11.3. The van der Waals surface area contributed by atoms with Crippen LogP contribution in [0.2, 0.25) is 0 Å². The summed E-state index contributed by atoms with van der Waals surface area (Å²) in [7, 11) is -3.96. The maximum Gasteiger partial charge on any atom is 0.240 e. The van der Waals surface area contributed by atoms with Crippen molar-refractivity contribution in [2.45, 2.75) is 37.0 Å². The summed E-state index contributed by atoms with van der Waals surface area (Å²) in [5.41, 5.74) is 0. The predicted octanol–water partition coefficient (Wildman–Crippen LogP) is 1.94. The number of halogens is 2. The van der Waals surface area contributed by atoms with Gasteiger partial charge in [0.15, 0.2) is 11.6 Å². The molecule has 0 bridgehead atoms. The summed E-state index contributed by atoms with van der Waals surface area (Å²) >= 11 is 0. The zero-order valence-electron chi connectivity index (χ0n) is 12.6. The Bertz CT molecular complexity index is 659. The third-order valence-corrected chi connectivity index (χ3v) is 5.37. The molecule has 0 spiro atoms. The Morgan fingerprint density at radius 3 is 2.52 bits per heavy atom. The molecule has 0 unspecified atom stereocenters. The molecule has 0 saturated heterocycles. The van der Waals surface area contributed by atoms with Gasteiger partial charge in [-0.3, -0.25) is 4.79 Å². The average Bonchev–Trinajstić information content (AvgIpc) is 3.01. The molecular formula is C15H20F2N2O3S. The van der Waals surface area contributed by atoms with Crippen molar-refractivity contribution in [2.24, 2.45) is 5.92 Å². The van der Waals surface area contributed by atoms with Gasteiger partial charge in [0.05, 0.1) is 4.90 Å². The summed E-state index contributed by atoms with van der Waals surface area (Å²) < 4.78 is 51.9. The molecule has 1 amide bonds. The number of hydrogen-bond donors (Lipinski definition) is 2. The van der Waals surface area contributed by atoms with E-state index in [1.165, 1.54) is 12.8 Å². The minimum atomic E-state index is -3.96. The highest BCUT2D eigenvalue weighted by molar-refractivity contribution is 7.89. The molecule has 1 saturated carbocycles. The highest BCUT2D eigenvalue weighted by Crippen LogP contribution is 2.23. The summed E-state index contributed by atoms with van der Waals surface area (Å²) in [5, 5.41) is 2.78. The number of sulfonamides is 1. The van der Waals surface area contributed by atoms with E-state index in [0.717, 1.165) is 25.0 Å². The number of carbonyl (C=O) groups is 1. The molecule has 0 radical (unpaired) electrons. The number of nitrogens with one attached hydrogen (secondary N) is 2. The van der Waals surface area contributed by atoms with Gasteiger partial charge in [-0.25, -0.2) is 21.9 Å². The molecule has 128 valence electrons. The van der Waals surface area contributed by atoms with Crippen molar-refractivity contribution in [3.63, 3.8) is 0 Å². The fourth-order valence-electron chi connectivity index (χ4n) is 2.59. The Morgan fingerprint density at radius 1 is 1.17 bits per heavy atom. The summed E-state index contributed by atoms with van der Waals surface area (Å²) in [5.74, 6) is -2.07. The van der Waals surface area contributed by atoms with E-state index in [9.17, 15) is 22.0 Å². The van der Waals surface area contributed by atoms with E-state index in [1.54, 1.807) is 0 Å². The largest absolute Gasteiger partial charge is 0.356 e. The lowest BCUT2D eigenvalue weighted by Gasteiger charge is -2.11. The van der Waals surface area contributed by atoms with Crippen molar-refractivity contribution >= 4 is 15.9 Å². The van der Waals surface area contributed by atoms with Gasteiger partial charge in [0.2, 0.25) is 15.9 Å². The van der Waals surface area contributed by atoms with Crippen LogP contribution >= 0.6 is 0 Å². The zero-order chi connectivity index (χ0) is 16.9. The number of rotatable bonds is 7. The maximum absolute atomic E-state index is 13.1. The van der Waals surface area contributed by atoms with E-state index in [2.05, 4.69) is 10.0 Å². The van der Waals surface area contributed by atoms with Crippen LogP contribution in [0.25, 0.3) is 0 Å². The monoisotopic (exact) mass is 346 g/mol. The first-order valence-electron chi connectivity index (χ1n) is 7.60. The van der Waals surface area contributed by atoms with Crippen LogP contribution in [0, 0.1) is 17.6 Å². The lowest BCUT2D eigenvalue weighted by atomic mass is 10.1. The second kappa shape index (κ2) is 7.83. The van der Waals surface area contributed by atoms with E-state index in [-0.39, 0.29) is 23.8 Å². The molecular weight excluding hydrogens is 326 g/mol. The maximum atomic E-state index is 13.1. The molecule has 2 rings (SSSR count). The molecule has 8 heteroatoms. The van der Waals surface area contributed by atoms with Gasteiger partial charge >= 0.3 is 0 Å². The number of hydrogen-bond acceptors (Lipinski definition) is 3. The molecule has 1 aromatic rings. The van der Waals surface area contributed by atoms with Gasteiger partial charge in [0.25, 0.3) is 0 Å². The molecule has 1 fully saturated rings. The SMILES string of the molecule is O=C(CCNS(=O)(=O)c1ccc(F)c(F)c1)NCC1CCCC1. The van der Waals surface area contributed by atoms with Gasteiger partial charge in [0.1, 0.15) is 0 Å². The van der Waals surface area contributed by atoms with Crippen LogP contribution in [0.1, 0.15) is 32.1 Å². The van der Waals surface area contributed by atoms with E-state index in [1.807, 2.05) is 0 Å². The lowest BCUT2D eigenvalue weighted by Crippen LogP contribution is -2.32. The minimum Gasteiger partial charge on any atom is -0.356 e. The average molecular weight is 346 g/mol. The number of benzene rings is 1. The van der Waals surface area contributed by atoms with E-state index in [0.29, 0.717) is 18.5 Å². The Morgan fingerprint density at radius 2 is 1.87 bits per heavy atom. The third kappa shape index (κ3) is 5.24. The molecule has 0 aliphatic heterocycles. The highest BCUT2D eigenvalue weighted by atomic mass is 32.2. The van der Waals surface area contributed by atoms with Crippen LogP contribution in [0.5, 0.6) is 0 Å². The molecule has 5 nitrogen and oxygen atoms in total. The molecule has 1 aliphatic rings. The molecule has 23 heavy (non-hydrogen) atoms. The highest BCUT2D eigenvalue weighted by Gasteiger charge is 2.18. The minimum absolute atomic E-state index is 0.00434. The van der Waals surface area contributed by atoms with E-state index < -0.39 is 21.7 Å². The first-order chi connectivity index (χ1) is 10.9. The van der Waals surface area contributed by atoms with Gasteiger partial charge in [-0.2, -0.15) is 0 Å². The van der Waals surface area contributed by atoms with Crippen molar-refractivity contribution in [3.8, 4) is 0 Å². The Labute approximate surface area is 134 Å². The van der Waals surface area contributed by atoms with Crippen molar-refractivity contribution in [2.75, 3.05) is 13.1 Å². The van der Waals surface area contributed by atoms with Gasteiger partial charge < -0.3 is 5.32 Å². The number of amides is 1. The van der Waals surface area contributed by atoms with Crippen LogP contribution in [-0.2, 0) is 14.8 Å². The zero-order valence-corrected chi connectivity index (χ0v) is 13.5. The molecule has 0 aromatic heterocycles. The van der Waals surface area contributed by atoms with Crippen LogP contribution in [0.15, 0.2) is 23.1 Å². The molecule has 0 heterocycles. The van der Waals surface area contributed by atoms with Gasteiger partial charge in [0, 0.05) is 19.5 Å². The van der Waals surface area contributed by atoms with Crippen LogP contribution in [0.3, 0.4) is 0 Å². The molecule has 1 aromatic carbocycles. The molecule has 2 N–H and O–H groups in total. The standard InChI is InChI=1S/C15H20F2N2O3S/c16-13-6-5-12(9-14(13)17)23(21,22)19-8-7-15(20)18-10-11-3-1-2-4-11/h5-6,9,11,19H,1-4,7-8,10H2,(H,18,20). The normalized spacial score (nSPS) is 15.7. The van der Waals surface area contributed by atoms with Crippen molar-refractivity contribution in [1.82, 2.24) is 10.0 Å². The second-order valence-corrected chi connectivity index (χ2v) is 7.45. The van der Waals surface area contributed by atoms with Gasteiger partial charge in [-0.1, -0.05) is 12.8 Å². The number of carbonyl (C=O) groups excluding carboxylic acids is 1. The van der Waals surface area contributed by atoms with Crippen molar-refractivity contribution in [1.29, 1.82) is 0 Å². The first-order valence-corrected chi connectivity index (χ1v) is 9.08. The topological polar surface area (TPSA) is 75.3 Å². The van der Waals surface area contributed by atoms with Crippen molar-refractivity contribution in [3.05, 3.63) is 29.8 Å². The van der Waals surface area contributed by atoms with E-state index in [4.69, 9.17) is 0 Å². The fourth-order valence-corrected chi connectivity index (χ4v) is 3.63. The predicted molar refractivity (Wildman–Crippen MR) is 81.1 cm³/mol. The second-order valence-electron chi connectivity index (χ2n) is 5.68. The Kier molecular flexibility index (Phi) is 6.06. The Balaban J connectivity index is 1.77. The lowest BCUT2D eigenvalue weighted by molar-refractivity contribution is -0.121. The van der Waals surface area contributed by atoms with Crippen LogP contribution < -0.4 is 10.0 Å². The molecule has 1 aliphatic carbocycles. The summed E-state index contributed by atoms with van der Waals surface area (Å²) in [6.07, 6.45) is 4.60. The van der Waals surface area contributed by atoms with Crippen LogP contribution in [0.4, 0.5) is 8.78 Å². The van der Waals surface area contributed by atoms with E-state index >= 15 is 0 Å². The third-order valence-electron chi connectivity index (χ3n) is 3.91. The van der Waals surface area contributed by atoms with Gasteiger partial charge in [-0.05, 0) is 37.0 Å². The Hall–Kier alpha value is -1.54. The van der Waals surface area contributed by atoms with Crippen molar-refractivity contribution < 1.29 is 22.0 Å². The van der Waals surface area contributed by atoms with Gasteiger partial charge in [-0.15, -0.1) is 0 Å². The van der Waals surface area contributed by atoms with Crippen LogP contribution in [-0.4, -0.2) is 27.4 Å². The fraction of sp³-hybridized carbons (Fsp3) is 0.533. The smallest absolute Gasteiger partial charge is 0.240 e. The summed E-state index contributed by atoms with van der Waals surface area (Å²) in [6.45, 7) is 0.520. The first kappa shape index (κ1) is 17.8. The summed E-state index contributed by atoms with van der Waals surface area (Å²) in [6, 6.07) is 2.33. The quantitative estimate of drug-likeness (QED) is 0.792. The molecule has 0 atom stereocenters.